The Kier molecular flexibility index (Phi) is 2.09. The summed E-state index contributed by atoms with van der Waals surface area (Å²) >= 11 is 1.62. The van der Waals surface area contributed by atoms with Crippen molar-refractivity contribution >= 4 is 11.3 Å². The van der Waals surface area contributed by atoms with Crippen molar-refractivity contribution in [2.75, 3.05) is 5.43 Å². The van der Waals surface area contributed by atoms with E-state index in [0.717, 1.165) is 12.2 Å². The van der Waals surface area contributed by atoms with Gasteiger partial charge in [0.15, 0.2) is 0 Å². The van der Waals surface area contributed by atoms with Gasteiger partial charge in [0.1, 0.15) is 0 Å². The second-order valence-corrected chi connectivity index (χ2v) is 3.12. The van der Waals surface area contributed by atoms with Crippen LogP contribution in [0, 0.1) is 0 Å². The lowest BCUT2D eigenvalue weighted by atomic mass is 10.5. The Morgan fingerprint density at radius 1 is 1.42 bits per heavy atom. The molecule has 0 saturated heterocycles. The van der Waals surface area contributed by atoms with E-state index in [-0.39, 0.29) is 0 Å². The molecule has 3 nitrogen and oxygen atoms in total. The molecule has 62 valence electrons. The molecule has 0 aliphatic heterocycles. The third kappa shape index (κ3) is 1.65. The minimum atomic E-state index is 0.776. The fraction of sp³-hybridized carbons (Fsp3) is 0.125. The summed E-state index contributed by atoms with van der Waals surface area (Å²) in [5.41, 5.74) is 6.11. The molecule has 2 heterocycles. The lowest BCUT2D eigenvalue weighted by Gasteiger charge is -2.03. The molecule has 0 unspecified atom stereocenters. The fourth-order valence-electron chi connectivity index (χ4n) is 0.937. The third-order valence-corrected chi connectivity index (χ3v) is 2.17. The summed E-state index contributed by atoms with van der Waals surface area (Å²) in [4.78, 5) is 4.16. The Hall–Kier alpha value is -1.29. The van der Waals surface area contributed by atoms with Crippen molar-refractivity contribution < 1.29 is 0 Å². The molecule has 2 aromatic rings. The largest absolute Gasteiger partial charge is 0.320 e. The number of thiazole rings is 1. The summed E-state index contributed by atoms with van der Waals surface area (Å²) in [5.74, 6) is 0. The number of aromatic nitrogens is 2. The zero-order chi connectivity index (χ0) is 8.23. The van der Waals surface area contributed by atoms with Gasteiger partial charge < -0.3 is 5.43 Å². The first-order valence-electron chi connectivity index (χ1n) is 3.69. The SMILES string of the molecule is c1ccn(NCc2cscn2)c1. The Balaban J connectivity index is 1.91. The number of hydrogen-bond donors (Lipinski definition) is 1. The van der Waals surface area contributed by atoms with Crippen LogP contribution in [-0.2, 0) is 6.54 Å². The van der Waals surface area contributed by atoms with Crippen LogP contribution in [0.2, 0.25) is 0 Å². The Labute approximate surface area is 74.7 Å². The van der Waals surface area contributed by atoms with E-state index < -0.39 is 0 Å². The van der Waals surface area contributed by atoms with Crippen LogP contribution in [0.1, 0.15) is 5.69 Å². The van der Waals surface area contributed by atoms with Crippen LogP contribution in [0.3, 0.4) is 0 Å². The van der Waals surface area contributed by atoms with E-state index in [1.165, 1.54) is 0 Å². The van der Waals surface area contributed by atoms with Crippen molar-refractivity contribution in [3.05, 3.63) is 41.1 Å². The fourth-order valence-corrected chi connectivity index (χ4v) is 1.50. The first-order valence-corrected chi connectivity index (χ1v) is 4.63. The van der Waals surface area contributed by atoms with E-state index in [0.29, 0.717) is 0 Å². The molecule has 0 atom stereocenters. The van der Waals surface area contributed by atoms with Gasteiger partial charge in [-0.05, 0) is 12.1 Å². The molecule has 0 bridgehead atoms. The molecule has 12 heavy (non-hydrogen) atoms. The second-order valence-electron chi connectivity index (χ2n) is 2.40. The predicted molar refractivity (Wildman–Crippen MR) is 49.6 cm³/mol. The van der Waals surface area contributed by atoms with Crippen LogP contribution in [0.5, 0.6) is 0 Å². The minimum absolute atomic E-state index is 0.776. The van der Waals surface area contributed by atoms with E-state index in [1.807, 2.05) is 40.1 Å². The normalized spacial score (nSPS) is 10.0. The highest BCUT2D eigenvalue weighted by atomic mass is 32.1. The van der Waals surface area contributed by atoms with Gasteiger partial charge in [-0.1, -0.05) is 0 Å². The molecule has 0 aromatic carbocycles. The minimum Gasteiger partial charge on any atom is -0.320 e. The molecule has 4 heteroatoms. The first-order chi connectivity index (χ1) is 5.95. The summed E-state index contributed by atoms with van der Waals surface area (Å²) in [6.45, 7) is 0.776. The number of rotatable bonds is 3. The van der Waals surface area contributed by atoms with E-state index in [4.69, 9.17) is 0 Å². The van der Waals surface area contributed by atoms with Gasteiger partial charge in [0.25, 0.3) is 0 Å². The number of hydrogen-bond acceptors (Lipinski definition) is 3. The third-order valence-electron chi connectivity index (χ3n) is 1.53. The van der Waals surface area contributed by atoms with Crippen LogP contribution in [0.25, 0.3) is 0 Å². The van der Waals surface area contributed by atoms with E-state index in [1.54, 1.807) is 11.3 Å². The summed E-state index contributed by atoms with van der Waals surface area (Å²) in [7, 11) is 0. The Bertz CT molecular complexity index is 278. The highest BCUT2D eigenvalue weighted by Gasteiger charge is 1.92. The highest BCUT2D eigenvalue weighted by Crippen LogP contribution is 2.00. The molecular formula is C8H9N3S. The molecule has 0 radical (unpaired) electrons. The summed E-state index contributed by atoms with van der Waals surface area (Å²) in [6.07, 6.45) is 3.93. The second kappa shape index (κ2) is 3.40. The zero-order valence-electron chi connectivity index (χ0n) is 6.47. The smallest absolute Gasteiger partial charge is 0.0795 e. The van der Waals surface area contributed by atoms with Crippen molar-refractivity contribution in [1.82, 2.24) is 9.66 Å². The van der Waals surface area contributed by atoms with Gasteiger partial charge in [0.05, 0.1) is 17.7 Å². The number of nitrogens with zero attached hydrogens (tertiary/aromatic N) is 2. The molecule has 0 aliphatic carbocycles. The number of nitrogens with one attached hydrogen (secondary N) is 1. The monoisotopic (exact) mass is 179 g/mol. The van der Waals surface area contributed by atoms with Crippen molar-refractivity contribution in [3.8, 4) is 0 Å². The molecule has 0 amide bonds. The van der Waals surface area contributed by atoms with Gasteiger partial charge in [-0.2, -0.15) is 0 Å². The van der Waals surface area contributed by atoms with E-state index >= 15 is 0 Å². The average molecular weight is 179 g/mol. The molecular weight excluding hydrogens is 170 g/mol. The molecule has 1 N–H and O–H groups in total. The average Bonchev–Trinajstić information content (AvgIpc) is 2.74. The van der Waals surface area contributed by atoms with Crippen LogP contribution in [-0.4, -0.2) is 9.66 Å². The Morgan fingerprint density at radius 3 is 2.92 bits per heavy atom. The summed E-state index contributed by atoms with van der Waals surface area (Å²) in [6, 6.07) is 3.96. The van der Waals surface area contributed by atoms with Crippen molar-refractivity contribution in [2.24, 2.45) is 0 Å². The van der Waals surface area contributed by atoms with Crippen molar-refractivity contribution in [3.63, 3.8) is 0 Å². The first kappa shape index (κ1) is 7.36. The highest BCUT2D eigenvalue weighted by molar-refractivity contribution is 7.07. The van der Waals surface area contributed by atoms with Gasteiger partial charge in [-0.15, -0.1) is 11.3 Å². The van der Waals surface area contributed by atoms with E-state index in [9.17, 15) is 0 Å². The molecule has 0 spiro atoms. The van der Waals surface area contributed by atoms with Crippen LogP contribution in [0.15, 0.2) is 35.4 Å². The maximum absolute atomic E-state index is 4.16. The molecule has 2 rings (SSSR count). The van der Waals surface area contributed by atoms with Gasteiger partial charge in [-0.3, -0.25) is 4.68 Å². The van der Waals surface area contributed by atoms with E-state index in [2.05, 4.69) is 10.4 Å². The molecule has 0 aliphatic rings. The summed E-state index contributed by atoms with van der Waals surface area (Å²) in [5, 5.41) is 2.04. The lowest BCUT2D eigenvalue weighted by molar-refractivity contribution is 0.834. The van der Waals surface area contributed by atoms with Gasteiger partial charge in [0, 0.05) is 17.8 Å². The maximum Gasteiger partial charge on any atom is 0.0795 e. The predicted octanol–water partition coefficient (Wildman–Crippen LogP) is 1.69. The van der Waals surface area contributed by atoms with Gasteiger partial charge >= 0.3 is 0 Å². The molecule has 0 fully saturated rings. The molecule has 2 aromatic heterocycles. The topological polar surface area (TPSA) is 29.9 Å². The standard InChI is InChI=1S/C8H9N3S/c1-2-4-11(3-1)10-5-8-6-12-7-9-8/h1-4,6-7,10H,5H2. The van der Waals surface area contributed by atoms with Crippen molar-refractivity contribution in [2.45, 2.75) is 6.54 Å². The Morgan fingerprint density at radius 2 is 2.25 bits per heavy atom. The lowest BCUT2D eigenvalue weighted by Crippen LogP contribution is -2.11. The van der Waals surface area contributed by atoms with Crippen LogP contribution < -0.4 is 5.43 Å². The van der Waals surface area contributed by atoms with Crippen molar-refractivity contribution in [1.29, 1.82) is 0 Å². The zero-order valence-corrected chi connectivity index (χ0v) is 7.29. The van der Waals surface area contributed by atoms with Gasteiger partial charge in [-0.25, -0.2) is 4.98 Å². The van der Waals surface area contributed by atoms with Gasteiger partial charge in [0.2, 0.25) is 0 Å². The van der Waals surface area contributed by atoms with Crippen LogP contribution in [0.4, 0.5) is 0 Å². The van der Waals surface area contributed by atoms with Crippen LogP contribution >= 0.6 is 11.3 Å². The maximum atomic E-state index is 4.16. The quantitative estimate of drug-likeness (QED) is 0.777. The molecule has 0 saturated carbocycles. The summed E-state index contributed by atoms with van der Waals surface area (Å²) < 4.78 is 1.92.